The van der Waals surface area contributed by atoms with Crippen LogP contribution in [0.25, 0.3) is 0 Å². The SMILES string of the molecule is C[C@]12CCCOC[C@@H]1CC[C@@H]1[C@@H]2CC[C@]2(C)C(=O)CC[C@@H]12. The van der Waals surface area contributed by atoms with Crippen LogP contribution in [0.3, 0.4) is 0 Å². The Kier molecular flexibility index (Phi) is 3.26. The molecule has 0 N–H and O–H groups in total. The van der Waals surface area contributed by atoms with Crippen molar-refractivity contribution in [1.29, 1.82) is 0 Å². The summed E-state index contributed by atoms with van der Waals surface area (Å²) in [5.74, 6) is 3.69. The maximum absolute atomic E-state index is 12.4. The Morgan fingerprint density at radius 2 is 1.90 bits per heavy atom. The van der Waals surface area contributed by atoms with Gasteiger partial charge in [-0.2, -0.15) is 0 Å². The summed E-state index contributed by atoms with van der Waals surface area (Å²) in [5, 5.41) is 0. The van der Waals surface area contributed by atoms with E-state index in [-0.39, 0.29) is 5.41 Å². The first-order valence-corrected chi connectivity index (χ1v) is 9.17. The van der Waals surface area contributed by atoms with Gasteiger partial charge in [-0.15, -0.1) is 0 Å². The second kappa shape index (κ2) is 4.81. The van der Waals surface area contributed by atoms with Crippen LogP contribution < -0.4 is 0 Å². The average molecular weight is 290 g/mol. The fraction of sp³-hybridized carbons (Fsp3) is 0.947. The van der Waals surface area contributed by atoms with Crippen LogP contribution in [-0.4, -0.2) is 19.0 Å². The highest BCUT2D eigenvalue weighted by molar-refractivity contribution is 5.87. The minimum Gasteiger partial charge on any atom is -0.381 e. The van der Waals surface area contributed by atoms with E-state index in [2.05, 4.69) is 13.8 Å². The molecule has 6 atom stereocenters. The largest absolute Gasteiger partial charge is 0.381 e. The molecule has 0 bridgehead atoms. The monoisotopic (exact) mass is 290 g/mol. The molecule has 0 unspecified atom stereocenters. The number of carbonyl (C=O) groups excluding carboxylic acids is 1. The maximum atomic E-state index is 12.4. The van der Waals surface area contributed by atoms with Gasteiger partial charge in [-0.05, 0) is 74.0 Å². The highest BCUT2D eigenvalue weighted by atomic mass is 16.5. The lowest BCUT2D eigenvalue weighted by molar-refractivity contribution is -0.137. The molecule has 118 valence electrons. The standard InChI is InChI=1S/C19H30O2/c1-18-9-3-11-21-12-13(18)4-5-14-15-6-7-17(20)19(15,2)10-8-16(14)18/h13-16H,3-12H2,1-2H3/t13-,14-,15-,16-,18-,19-/m0/s1. The van der Waals surface area contributed by atoms with Gasteiger partial charge in [0.25, 0.3) is 0 Å². The molecule has 1 saturated heterocycles. The van der Waals surface area contributed by atoms with Crippen LogP contribution in [-0.2, 0) is 9.53 Å². The molecule has 0 aromatic heterocycles. The third-order valence-corrected chi connectivity index (χ3v) is 8.10. The van der Waals surface area contributed by atoms with Crippen LogP contribution in [0.5, 0.6) is 0 Å². The van der Waals surface area contributed by atoms with Gasteiger partial charge in [0.1, 0.15) is 5.78 Å². The zero-order valence-corrected chi connectivity index (χ0v) is 13.7. The van der Waals surface area contributed by atoms with Gasteiger partial charge in [-0.3, -0.25) is 4.79 Å². The van der Waals surface area contributed by atoms with E-state index in [0.29, 0.717) is 17.1 Å². The molecule has 2 nitrogen and oxygen atoms in total. The number of hydrogen-bond donors (Lipinski definition) is 0. The van der Waals surface area contributed by atoms with Gasteiger partial charge in [0, 0.05) is 25.0 Å². The first kappa shape index (κ1) is 14.2. The third-order valence-electron chi connectivity index (χ3n) is 8.10. The van der Waals surface area contributed by atoms with Crippen molar-refractivity contribution in [3.05, 3.63) is 0 Å². The van der Waals surface area contributed by atoms with Crippen LogP contribution in [0.4, 0.5) is 0 Å². The van der Waals surface area contributed by atoms with Gasteiger partial charge in [0.15, 0.2) is 0 Å². The average Bonchev–Trinajstić information content (AvgIpc) is 2.65. The number of hydrogen-bond acceptors (Lipinski definition) is 2. The van der Waals surface area contributed by atoms with Crippen LogP contribution in [0.2, 0.25) is 0 Å². The van der Waals surface area contributed by atoms with Gasteiger partial charge < -0.3 is 4.74 Å². The minimum atomic E-state index is 0.0333. The first-order chi connectivity index (χ1) is 10.1. The van der Waals surface area contributed by atoms with Crippen molar-refractivity contribution >= 4 is 5.78 Å². The fourth-order valence-electron chi connectivity index (χ4n) is 6.75. The van der Waals surface area contributed by atoms with E-state index in [1.165, 1.54) is 38.5 Å². The highest BCUT2D eigenvalue weighted by Crippen LogP contribution is 2.64. The van der Waals surface area contributed by atoms with E-state index in [4.69, 9.17) is 4.74 Å². The normalized spacial score (nSPS) is 53.5. The van der Waals surface area contributed by atoms with Crippen LogP contribution in [0.1, 0.15) is 65.2 Å². The van der Waals surface area contributed by atoms with Gasteiger partial charge in [-0.1, -0.05) is 13.8 Å². The van der Waals surface area contributed by atoms with Crippen molar-refractivity contribution < 1.29 is 9.53 Å². The topological polar surface area (TPSA) is 26.3 Å². The van der Waals surface area contributed by atoms with Gasteiger partial charge in [-0.25, -0.2) is 0 Å². The second-order valence-corrected chi connectivity index (χ2v) is 8.75. The smallest absolute Gasteiger partial charge is 0.139 e. The third kappa shape index (κ3) is 1.90. The predicted molar refractivity (Wildman–Crippen MR) is 82.9 cm³/mol. The number of fused-ring (bicyclic) bond motifs is 5. The van der Waals surface area contributed by atoms with Crippen molar-refractivity contribution in [3.8, 4) is 0 Å². The Labute approximate surface area is 129 Å². The molecule has 1 heterocycles. The second-order valence-electron chi connectivity index (χ2n) is 8.75. The van der Waals surface area contributed by atoms with E-state index in [9.17, 15) is 4.79 Å². The van der Waals surface area contributed by atoms with Gasteiger partial charge >= 0.3 is 0 Å². The first-order valence-electron chi connectivity index (χ1n) is 9.17. The molecule has 2 heteroatoms. The van der Waals surface area contributed by atoms with E-state index < -0.39 is 0 Å². The molecule has 21 heavy (non-hydrogen) atoms. The summed E-state index contributed by atoms with van der Waals surface area (Å²) in [6, 6.07) is 0. The Hall–Kier alpha value is -0.370. The Bertz CT molecular complexity index is 445. The summed E-state index contributed by atoms with van der Waals surface area (Å²) in [7, 11) is 0. The molecule has 3 saturated carbocycles. The molecule has 0 radical (unpaired) electrons. The highest BCUT2D eigenvalue weighted by Gasteiger charge is 2.59. The molecule has 3 aliphatic carbocycles. The molecule has 4 fully saturated rings. The van der Waals surface area contributed by atoms with E-state index in [1.54, 1.807) is 0 Å². The lowest BCUT2D eigenvalue weighted by atomic mass is 9.47. The molecule has 0 aromatic rings. The lowest BCUT2D eigenvalue weighted by Crippen LogP contribution is -2.52. The Morgan fingerprint density at radius 1 is 1.05 bits per heavy atom. The Morgan fingerprint density at radius 3 is 2.76 bits per heavy atom. The summed E-state index contributed by atoms with van der Waals surface area (Å²) in [6.45, 7) is 6.79. The predicted octanol–water partition coefficient (Wildman–Crippen LogP) is 4.22. The number of carbonyl (C=O) groups is 1. The fourth-order valence-corrected chi connectivity index (χ4v) is 6.75. The molecular weight excluding hydrogens is 260 g/mol. The van der Waals surface area contributed by atoms with Gasteiger partial charge in [0.2, 0.25) is 0 Å². The molecule has 0 aromatic carbocycles. The molecule has 4 aliphatic rings. The minimum absolute atomic E-state index is 0.0333. The zero-order valence-electron chi connectivity index (χ0n) is 13.7. The molecule has 0 amide bonds. The Balaban J connectivity index is 1.65. The maximum Gasteiger partial charge on any atom is 0.139 e. The lowest BCUT2D eigenvalue weighted by Gasteiger charge is -2.57. The van der Waals surface area contributed by atoms with E-state index >= 15 is 0 Å². The van der Waals surface area contributed by atoms with Crippen molar-refractivity contribution in [2.45, 2.75) is 65.2 Å². The van der Waals surface area contributed by atoms with E-state index in [1.807, 2.05) is 0 Å². The number of Topliss-reactive ketones (excluding diaryl/α,β-unsaturated/α-hetero) is 1. The zero-order chi connectivity index (χ0) is 14.7. The molecule has 0 spiro atoms. The summed E-state index contributed by atoms with van der Waals surface area (Å²) < 4.78 is 5.88. The van der Waals surface area contributed by atoms with Crippen molar-refractivity contribution in [1.82, 2.24) is 0 Å². The van der Waals surface area contributed by atoms with Crippen molar-refractivity contribution in [2.75, 3.05) is 13.2 Å². The molecular formula is C19H30O2. The molecule has 4 rings (SSSR count). The van der Waals surface area contributed by atoms with Crippen LogP contribution >= 0.6 is 0 Å². The van der Waals surface area contributed by atoms with Crippen LogP contribution in [0.15, 0.2) is 0 Å². The van der Waals surface area contributed by atoms with Crippen LogP contribution in [0, 0.1) is 34.5 Å². The van der Waals surface area contributed by atoms with Gasteiger partial charge in [0.05, 0.1) is 0 Å². The van der Waals surface area contributed by atoms with Crippen molar-refractivity contribution in [3.63, 3.8) is 0 Å². The van der Waals surface area contributed by atoms with E-state index in [0.717, 1.165) is 43.8 Å². The molecule has 1 aliphatic heterocycles. The summed E-state index contributed by atoms with van der Waals surface area (Å²) in [6.07, 6.45) is 9.73. The summed E-state index contributed by atoms with van der Waals surface area (Å²) >= 11 is 0. The number of ether oxygens (including phenoxy) is 1. The number of ketones is 1. The quantitative estimate of drug-likeness (QED) is 0.667. The number of rotatable bonds is 0. The van der Waals surface area contributed by atoms with Crippen molar-refractivity contribution in [2.24, 2.45) is 34.5 Å². The summed E-state index contributed by atoms with van der Waals surface area (Å²) in [4.78, 5) is 12.4. The summed E-state index contributed by atoms with van der Waals surface area (Å²) in [5.41, 5.74) is 0.512.